The lowest BCUT2D eigenvalue weighted by molar-refractivity contribution is -0.142. The first-order valence-electron chi connectivity index (χ1n) is 11.9. The van der Waals surface area contributed by atoms with E-state index >= 15 is 0 Å². The van der Waals surface area contributed by atoms with Crippen molar-refractivity contribution in [3.63, 3.8) is 0 Å². The van der Waals surface area contributed by atoms with E-state index in [1.807, 2.05) is 48.5 Å². The molecule has 0 aliphatic carbocycles. The van der Waals surface area contributed by atoms with Crippen LogP contribution < -0.4 is 10.1 Å². The van der Waals surface area contributed by atoms with Gasteiger partial charge in [0.1, 0.15) is 18.6 Å². The average Bonchev–Trinajstić information content (AvgIpc) is 2.89. The van der Waals surface area contributed by atoms with Crippen molar-refractivity contribution in [3.8, 4) is 16.9 Å². The number of carboxylic acids is 1. The van der Waals surface area contributed by atoms with Gasteiger partial charge in [-0.2, -0.15) is 0 Å². The van der Waals surface area contributed by atoms with Crippen LogP contribution in [0.2, 0.25) is 0 Å². The summed E-state index contributed by atoms with van der Waals surface area (Å²) in [6, 6.07) is 22.0. The third kappa shape index (κ3) is 7.81. The quantitative estimate of drug-likeness (QED) is 0.256. The highest BCUT2D eigenvalue weighted by Crippen LogP contribution is 2.21. The second kappa shape index (κ2) is 13.1. The minimum Gasteiger partial charge on any atom is -0.492 e. The predicted molar refractivity (Wildman–Crippen MR) is 136 cm³/mol. The Morgan fingerprint density at radius 3 is 2.14 bits per heavy atom. The first kappa shape index (κ1) is 25.7. The van der Waals surface area contributed by atoms with Crippen LogP contribution in [0.1, 0.15) is 52.5 Å². The predicted octanol–water partition coefficient (Wildman–Crippen LogP) is 5.41. The molecule has 0 spiro atoms. The van der Waals surface area contributed by atoms with Gasteiger partial charge in [0, 0.05) is 11.1 Å². The Balaban J connectivity index is 1.43. The van der Waals surface area contributed by atoms with Gasteiger partial charge in [-0.25, -0.2) is 0 Å². The van der Waals surface area contributed by atoms with Crippen LogP contribution in [-0.4, -0.2) is 36.4 Å². The van der Waals surface area contributed by atoms with Gasteiger partial charge in [-0.1, -0.05) is 68.3 Å². The number of aldehydes is 1. The second-order valence-corrected chi connectivity index (χ2v) is 8.45. The van der Waals surface area contributed by atoms with Crippen LogP contribution in [0.3, 0.4) is 0 Å². The zero-order valence-electron chi connectivity index (χ0n) is 19.9. The lowest BCUT2D eigenvalue weighted by Gasteiger charge is -2.13. The fourth-order valence-corrected chi connectivity index (χ4v) is 3.77. The number of carbonyl (C=O) groups excluding carboxylic acids is 2. The van der Waals surface area contributed by atoms with Crippen LogP contribution in [0.25, 0.3) is 11.1 Å². The second-order valence-electron chi connectivity index (χ2n) is 8.45. The van der Waals surface area contributed by atoms with Crippen LogP contribution in [0, 0.1) is 5.92 Å². The fraction of sp³-hybridized carbons (Fsp3) is 0.276. The minimum absolute atomic E-state index is 0.182. The maximum atomic E-state index is 12.4. The van der Waals surface area contributed by atoms with Crippen molar-refractivity contribution in [1.29, 1.82) is 0 Å². The highest BCUT2D eigenvalue weighted by atomic mass is 16.5. The summed E-state index contributed by atoms with van der Waals surface area (Å²) in [4.78, 5) is 34.6. The van der Waals surface area contributed by atoms with Crippen molar-refractivity contribution in [1.82, 2.24) is 5.32 Å². The van der Waals surface area contributed by atoms with E-state index in [-0.39, 0.29) is 11.8 Å². The van der Waals surface area contributed by atoms with Crippen molar-refractivity contribution >= 4 is 18.2 Å². The smallest absolute Gasteiger partial charge is 0.306 e. The minimum atomic E-state index is -0.752. The number of benzene rings is 3. The Morgan fingerprint density at radius 2 is 1.57 bits per heavy atom. The number of nitrogens with one attached hydrogen (secondary N) is 1. The van der Waals surface area contributed by atoms with Gasteiger partial charge in [0.15, 0.2) is 0 Å². The van der Waals surface area contributed by atoms with Gasteiger partial charge in [-0.05, 0) is 53.8 Å². The molecule has 1 unspecified atom stereocenters. The van der Waals surface area contributed by atoms with E-state index in [1.165, 1.54) is 0 Å². The molecule has 0 saturated carbocycles. The number of hydrogen-bond donors (Lipinski definition) is 2. The van der Waals surface area contributed by atoms with Crippen LogP contribution in [0.5, 0.6) is 5.75 Å². The van der Waals surface area contributed by atoms with E-state index in [2.05, 4.69) is 12.2 Å². The topological polar surface area (TPSA) is 92.7 Å². The largest absolute Gasteiger partial charge is 0.492 e. The van der Waals surface area contributed by atoms with Crippen molar-refractivity contribution < 1.29 is 24.2 Å². The Morgan fingerprint density at radius 1 is 0.943 bits per heavy atom. The molecule has 35 heavy (non-hydrogen) atoms. The van der Waals surface area contributed by atoms with Gasteiger partial charge in [0.2, 0.25) is 0 Å². The average molecular weight is 474 g/mol. The van der Waals surface area contributed by atoms with Gasteiger partial charge >= 0.3 is 5.97 Å². The molecule has 0 aliphatic heterocycles. The number of aliphatic carboxylic acids is 1. The summed E-state index contributed by atoms with van der Waals surface area (Å²) in [6.07, 6.45) is 3.89. The molecule has 6 heteroatoms. The monoisotopic (exact) mass is 473 g/mol. The SMILES string of the molecule is CCCCC(Cc1ccc(OCCNC(=O)c2ccc(-c3ccc(C=O)cc3)cc2)cc1)C(=O)O. The number of carbonyl (C=O) groups is 3. The molecule has 0 heterocycles. The van der Waals surface area contributed by atoms with Crippen molar-refractivity contribution in [2.75, 3.05) is 13.2 Å². The zero-order chi connectivity index (χ0) is 25.0. The van der Waals surface area contributed by atoms with E-state index in [0.717, 1.165) is 35.8 Å². The van der Waals surface area contributed by atoms with Crippen LogP contribution >= 0.6 is 0 Å². The molecular weight excluding hydrogens is 442 g/mol. The van der Waals surface area contributed by atoms with Crippen molar-refractivity contribution in [2.45, 2.75) is 32.6 Å². The van der Waals surface area contributed by atoms with E-state index in [0.29, 0.717) is 42.9 Å². The Bertz CT molecular complexity index is 1110. The maximum absolute atomic E-state index is 12.4. The number of amides is 1. The Labute approximate surface area is 206 Å². The molecule has 0 fully saturated rings. The molecule has 182 valence electrons. The van der Waals surface area contributed by atoms with E-state index in [4.69, 9.17) is 4.74 Å². The third-order valence-corrected chi connectivity index (χ3v) is 5.84. The molecule has 0 aliphatic rings. The molecule has 3 rings (SSSR count). The highest BCUT2D eigenvalue weighted by molar-refractivity contribution is 5.94. The molecule has 0 aromatic heterocycles. The van der Waals surface area contributed by atoms with Crippen molar-refractivity contribution in [3.05, 3.63) is 89.5 Å². The molecule has 6 nitrogen and oxygen atoms in total. The molecule has 0 radical (unpaired) electrons. The summed E-state index contributed by atoms with van der Waals surface area (Å²) in [7, 11) is 0. The summed E-state index contributed by atoms with van der Waals surface area (Å²) in [6.45, 7) is 2.73. The van der Waals surface area contributed by atoms with E-state index in [9.17, 15) is 19.5 Å². The third-order valence-electron chi connectivity index (χ3n) is 5.84. The van der Waals surface area contributed by atoms with Gasteiger partial charge in [0.25, 0.3) is 5.91 Å². The molecule has 3 aromatic rings. The zero-order valence-corrected chi connectivity index (χ0v) is 19.9. The Hall–Kier alpha value is -3.93. The lowest BCUT2D eigenvalue weighted by atomic mass is 9.94. The molecule has 3 aromatic carbocycles. The van der Waals surface area contributed by atoms with Gasteiger partial charge in [0.05, 0.1) is 12.5 Å². The molecular formula is C29H31NO5. The summed E-state index contributed by atoms with van der Waals surface area (Å²) in [5.41, 5.74) is 4.08. The van der Waals surface area contributed by atoms with Gasteiger partial charge < -0.3 is 15.2 Å². The standard InChI is InChI=1S/C29H31NO5/c1-2-3-4-26(29(33)34)19-21-7-15-27(16-8-21)35-18-17-30-28(32)25-13-11-24(12-14-25)23-9-5-22(20-31)6-10-23/h5-16,20,26H,2-4,17-19H2,1H3,(H,30,32)(H,33,34). The molecule has 1 amide bonds. The number of hydrogen-bond acceptors (Lipinski definition) is 4. The highest BCUT2D eigenvalue weighted by Gasteiger charge is 2.17. The van der Waals surface area contributed by atoms with Gasteiger partial charge in [-0.15, -0.1) is 0 Å². The lowest BCUT2D eigenvalue weighted by Crippen LogP contribution is -2.28. The van der Waals surface area contributed by atoms with Crippen LogP contribution in [0.4, 0.5) is 0 Å². The Kier molecular flexibility index (Phi) is 9.60. The van der Waals surface area contributed by atoms with Crippen LogP contribution in [-0.2, 0) is 11.2 Å². The maximum Gasteiger partial charge on any atom is 0.306 e. The normalized spacial score (nSPS) is 11.5. The summed E-state index contributed by atoms with van der Waals surface area (Å²) in [5, 5.41) is 12.2. The number of ether oxygens (including phenoxy) is 1. The molecule has 1 atom stereocenters. The molecule has 2 N–H and O–H groups in total. The summed E-state index contributed by atoms with van der Waals surface area (Å²) in [5.74, 6) is -0.626. The number of carboxylic acid groups (broad SMARTS) is 1. The summed E-state index contributed by atoms with van der Waals surface area (Å²) >= 11 is 0. The first-order valence-corrected chi connectivity index (χ1v) is 11.9. The molecule has 0 bridgehead atoms. The fourth-order valence-electron chi connectivity index (χ4n) is 3.77. The van der Waals surface area contributed by atoms with Crippen molar-refractivity contribution in [2.24, 2.45) is 5.92 Å². The van der Waals surface area contributed by atoms with Crippen LogP contribution in [0.15, 0.2) is 72.8 Å². The van der Waals surface area contributed by atoms with E-state index in [1.54, 1.807) is 24.3 Å². The summed E-state index contributed by atoms with van der Waals surface area (Å²) < 4.78 is 5.70. The van der Waals surface area contributed by atoms with E-state index < -0.39 is 5.97 Å². The molecule has 0 saturated heterocycles. The number of rotatable bonds is 13. The van der Waals surface area contributed by atoms with Gasteiger partial charge in [-0.3, -0.25) is 14.4 Å². The first-order chi connectivity index (χ1) is 17.0. The number of unbranched alkanes of at least 4 members (excludes halogenated alkanes) is 1.